The van der Waals surface area contributed by atoms with E-state index in [4.69, 9.17) is 0 Å². The first-order valence-corrected chi connectivity index (χ1v) is 8.20. The van der Waals surface area contributed by atoms with E-state index in [2.05, 4.69) is 4.74 Å². The Morgan fingerprint density at radius 2 is 1.14 bits per heavy atom. The van der Waals surface area contributed by atoms with Gasteiger partial charge in [0, 0.05) is 10.8 Å². The highest BCUT2D eigenvalue weighted by molar-refractivity contribution is 6.09. The molecule has 0 saturated carbocycles. The van der Waals surface area contributed by atoms with Crippen molar-refractivity contribution in [1.82, 2.24) is 0 Å². The molecule has 0 saturated heterocycles. The van der Waals surface area contributed by atoms with Crippen LogP contribution in [0.3, 0.4) is 0 Å². The van der Waals surface area contributed by atoms with Crippen molar-refractivity contribution in [3.63, 3.8) is 0 Å². The summed E-state index contributed by atoms with van der Waals surface area (Å²) in [5, 5.41) is 0.770. The van der Waals surface area contributed by atoms with Crippen molar-refractivity contribution in [3.8, 4) is 16.9 Å². The van der Waals surface area contributed by atoms with Crippen LogP contribution in [0.15, 0.2) is 54.6 Å². The van der Waals surface area contributed by atoms with Gasteiger partial charge in [-0.2, -0.15) is 0 Å². The van der Waals surface area contributed by atoms with Crippen molar-refractivity contribution in [2.24, 2.45) is 0 Å². The minimum Gasteiger partial charge on any atom is -0.399 e. The van der Waals surface area contributed by atoms with Gasteiger partial charge in [-0.05, 0) is 52.2 Å². The van der Waals surface area contributed by atoms with Crippen LogP contribution in [-0.4, -0.2) is 6.36 Å². The van der Waals surface area contributed by atoms with Gasteiger partial charge in [-0.15, -0.1) is 13.2 Å². The first kappa shape index (κ1) is 19.0. The van der Waals surface area contributed by atoms with Crippen LogP contribution in [0.2, 0.25) is 0 Å². The van der Waals surface area contributed by atoms with Crippen molar-refractivity contribution in [1.29, 1.82) is 0 Å². The summed E-state index contributed by atoms with van der Waals surface area (Å²) in [6, 6.07) is 10.8. The van der Waals surface area contributed by atoms with E-state index >= 15 is 0 Å². The predicted molar refractivity (Wildman–Crippen MR) is 93.4 cm³/mol. The third-order valence-corrected chi connectivity index (χ3v) is 4.41. The third-order valence-electron chi connectivity index (χ3n) is 4.41. The number of rotatable bonds is 2. The fraction of sp³-hybridized carbons (Fsp3) is 0.0476. The maximum atomic E-state index is 14.8. The Morgan fingerprint density at radius 1 is 0.586 bits per heavy atom. The molecule has 1 nitrogen and oxygen atoms in total. The molecule has 0 aliphatic carbocycles. The Morgan fingerprint density at radius 3 is 1.79 bits per heavy atom. The van der Waals surface area contributed by atoms with E-state index in [0.717, 1.165) is 6.07 Å². The molecule has 0 aromatic heterocycles. The van der Waals surface area contributed by atoms with E-state index in [1.54, 1.807) is 12.1 Å². The smallest absolute Gasteiger partial charge is 0.399 e. The second-order valence-electron chi connectivity index (χ2n) is 6.28. The maximum absolute atomic E-state index is 14.8. The second kappa shape index (κ2) is 6.65. The molecule has 0 atom stereocenters. The lowest BCUT2D eigenvalue weighted by atomic mass is 9.96. The number of fused-ring (bicyclic) bond motifs is 3. The molecule has 4 rings (SSSR count). The summed E-state index contributed by atoms with van der Waals surface area (Å²) >= 11 is 0. The molecule has 4 aromatic rings. The topological polar surface area (TPSA) is 9.23 Å². The summed E-state index contributed by atoms with van der Waals surface area (Å²) in [5.74, 6) is -6.27. The first-order valence-electron chi connectivity index (χ1n) is 8.20. The number of hydrogen-bond donors (Lipinski definition) is 0. The van der Waals surface area contributed by atoms with Gasteiger partial charge in [-0.1, -0.05) is 24.3 Å². The van der Waals surface area contributed by atoms with Gasteiger partial charge in [0.2, 0.25) is 5.75 Å². The van der Waals surface area contributed by atoms with Gasteiger partial charge in [0.05, 0.1) is 0 Å². The number of halogens is 7. The van der Waals surface area contributed by atoms with Gasteiger partial charge in [0.1, 0.15) is 11.6 Å². The Labute approximate surface area is 158 Å². The van der Waals surface area contributed by atoms with Crippen LogP contribution < -0.4 is 4.74 Å². The summed E-state index contributed by atoms with van der Waals surface area (Å²) in [4.78, 5) is 0. The number of alkyl halides is 3. The van der Waals surface area contributed by atoms with Gasteiger partial charge in [-0.3, -0.25) is 0 Å². The zero-order chi connectivity index (χ0) is 20.9. The van der Waals surface area contributed by atoms with Crippen molar-refractivity contribution in [2.45, 2.75) is 6.36 Å². The van der Waals surface area contributed by atoms with Crippen LogP contribution in [0.25, 0.3) is 32.7 Å². The average Bonchev–Trinajstić information content (AvgIpc) is 2.63. The van der Waals surface area contributed by atoms with Gasteiger partial charge >= 0.3 is 6.36 Å². The molecular weight excluding hydrogens is 401 g/mol. The van der Waals surface area contributed by atoms with Crippen LogP contribution in [0, 0.1) is 23.3 Å². The Kier molecular flexibility index (Phi) is 4.37. The number of benzene rings is 4. The summed E-state index contributed by atoms with van der Waals surface area (Å²) < 4.78 is 97.2. The molecule has 0 spiro atoms. The van der Waals surface area contributed by atoms with Crippen molar-refractivity contribution in [2.75, 3.05) is 0 Å². The van der Waals surface area contributed by atoms with Crippen molar-refractivity contribution in [3.05, 3.63) is 77.9 Å². The highest BCUT2D eigenvalue weighted by Gasteiger charge is 2.34. The fourth-order valence-electron chi connectivity index (χ4n) is 3.25. The average molecular weight is 410 g/mol. The lowest BCUT2D eigenvalue weighted by Crippen LogP contribution is -2.19. The zero-order valence-electron chi connectivity index (χ0n) is 14.3. The summed E-state index contributed by atoms with van der Waals surface area (Å²) in [5.41, 5.74) is -0.203. The van der Waals surface area contributed by atoms with E-state index in [0.29, 0.717) is 17.5 Å². The Balaban J connectivity index is 1.89. The first-order chi connectivity index (χ1) is 13.6. The zero-order valence-corrected chi connectivity index (χ0v) is 14.3. The summed E-state index contributed by atoms with van der Waals surface area (Å²) in [6.07, 6.45) is -5.27. The minimum absolute atomic E-state index is 0.00190. The largest absolute Gasteiger partial charge is 0.573 e. The van der Waals surface area contributed by atoms with E-state index in [9.17, 15) is 30.7 Å². The molecule has 8 heteroatoms. The van der Waals surface area contributed by atoms with Crippen LogP contribution in [0.4, 0.5) is 30.7 Å². The van der Waals surface area contributed by atoms with Crippen molar-refractivity contribution >= 4 is 21.5 Å². The lowest BCUT2D eigenvalue weighted by molar-refractivity contribution is -0.276. The Bertz CT molecular complexity index is 1240. The van der Waals surface area contributed by atoms with Gasteiger partial charge < -0.3 is 4.74 Å². The van der Waals surface area contributed by atoms with Gasteiger partial charge in [0.25, 0.3) is 0 Å². The summed E-state index contributed by atoms with van der Waals surface area (Å²) in [6.45, 7) is 0. The van der Waals surface area contributed by atoms with Crippen LogP contribution >= 0.6 is 0 Å². The minimum atomic E-state index is -5.27. The number of hydrogen-bond acceptors (Lipinski definition) is 1. The molecule has 0 bridgehead atoms. The van der Waals surface area contributed by atoms with E-state index in [1.807, 2.05) is 0 Å². The summed E-state index contributed by atoms with van der Waals surface area (Å²) in [7, 11) is 0. The van der Waals surface area contributed by atoms with Crippen LogP contribution in [0.5, 0.6) is 5.75 Å². The molecule has 0 N–H and O–H groups in total. The third kappa shape index (κ3) is 3.46. The molecule has 148 valence electrons. The van der Waals surface area contributed by atoms with E-state index in [-0.39, 0.29) is 27.3 Å². The highest BCUT2D eigenvalue weighted by Crippen LogP contribution is 2.36. The second-order valence-corrected chi connectivity index (χ2v) is 6.28. The normalized spacial score (nSPS) is 12.0. The van der Waals surface area contributed by atoms with Crippen LogP contribution in [0.1, 0.15) is 0 Å². The van der Waals surface area contributed by atoms with Gasteiger partial charge in [-0.25, -0.2) is 17.6 Å². The molecule has 4 aromatic carbocycles. The molecular formula is C21H9F7O. The molecule has 29 heavy (non-hydrogen) atoms. The number of ether oxygens (including phenoxy) is 1. The standard InChI is InChI=1S/C21H9F7O/c22-14-3-1-2-10-4-5-11-6-12(7-15(23)19(11)18(10)14)13-8-16(24)20(17(25)9-13)29-21(26,27)28/h1-9H. The maximum Gasteiger partial charge on any atom is 0.573 e. The quantitative estimate of drug-likeness (QED) is 0.253. The van der Waals surface area contributed by atoms with Crippen LogP contribution in [-0.2, 0) is 0 Å². The molecule has 0 heterocycles. The van der Waals surface area contributed by atoms with E-state index < -0.39 is 35.4 Å². The fourth-order valence-corrected chi connectivity index (χ4v) is 3.25. The lowest BCUT2D eigenvalue weighted by Gasteiger charge is -2.13. The molecule has 0 fully saturated rings. The Hall–Kier alpha value is -3.29. The monoisotopic (exact) mass is 410 g/mol. The molecule has 0 radical (unpaired) electrons. The van der Waals surface area contributed by atoms with Crippen molar-refractivity contribution < 1.29 is 35.5 Å². The van der Waals surface area contributed by atoms with E-state index in [1.165, 1.54) is 24.3 Å². The predicted octanol–water partition coefficient (Wildman–Crippen LogP) is 7.12. The molecule has 0 amide bonds. The SMILES string of the molecule is Fc1cc(-c2cc(F)c3c(ccc4cccc(F)c43)c2)cc(F)c1OC(F)(F)F. The molecule has 0 aliphatic rings. The highest BCUT2D eigenvalue weighted by atomic mass is 19.4. The molecule has 0 unspecified atom stereocenters. The van der Waals surface area contributed by atoms with Gasteiger partial charge in [0.15, 0.2) is 11.6 Å². The molecule has 0 aliphatic heterocycles.